The fourth-order valence-corrected chi connectivity index (χ4v) is 1.93. The first-order valence-corrected chi connectivity index (χ1v) is 4.55. The molecule has 1 aliphatic heterocycles. The Bertz CT molecular complexity index is 492. The lowest BCUT2D eigenvalue weighted by Gasteiger charge is -2.13. The van der Waals surface area contributed by atoms with Crippen molar-refractivity contribution in [3.05, 3.63) is 11.8 Å². The molecule has 1 aromatic heterocycles. The lowest BCUT2D eigenvalue weighted by molar-refractivity contribution is -0.123. The number of anilines is 1. The molecule has 3 rings (SSSR count). The maximum atomic E-state index is 11.7. The quantitative estimate of drug-likeness (QED) is 0.638. The van der Waals surface area contributed by atoms with Crippen molar-refractivity contribution >= 4 is 17.6 Å². The number of amides is 2. The number of imide groups is 1. The minimum absolute atomic E-state index is 0.160. The highest BCUT2D eigenvalue weighted by atomic mass is 16.2. The van der Waals surface area contributed by atoms with Crippen molar-refractivity contribution in [2.24, 2.45) is 11.8 Å². The van der Waals surface area contributed by atoms with Crippen molar-refractivity contribution in [2.75, 3.05) is 4.90 Å². The summed E-state index contributed by atoms with van der Waals surface area (Å²) in [5.41, 5.74) is 0.220. The zero-order valence-electron chi connectivity index (χ0n) is 7.60. The Morgan fingerprint density at radius 2 is 2.13 bits per heavy atom. The Balaban J connectivity index is 2.06. The number of nitrogens with one attached hydrogen (secondary N) is 1. The summed E-state index contributed by atoms with van der Waals surface area (Å²) in [6.45, 7) is 0. The second-order valence-corrected chi connectivity index (χ2v) is 3.70. The van der Waals surface area contributed by atoms with E-state index in [1.807, 2.05) is 6.07 Å². The number of hydrogen-bond donors (Lipinski definition) is 1. The molecular formula is C9H6N4O2. The van der Waals surface area contributed by atoms with Gasteiger partial charge in [0, 0.05) is 0 Å². The molecule has 0 spiro atoms. The second-order valence-electron chi connectivity index (χ2n) is 3.70. The number of fused-ring (bicyclic) bond motifs is 1. The van der Waals surface area contributed by atoms with Crippen LogP contribution in [0.2, 0.25) is 0 Å². The number of piperidine rings is 1. The third-order valence-electron chi connectivity index (χ3n) is 2.83. The van der Waals surface area contributed by atoms with Crippen molar-refractivity contribution in [1.82, 2.24) is 10.2 Å². The third-order valence-corrected chi connectivity index (χ3v) is 2.83. The van der Waals surface area contributed by atoms with Gasteiger partial charge < -0.3 is 0 Å². The number of rotatable bonds is 1. The summed E-state index contributed by atoms with van der Waals surface area (Å²) in [5.74, 6) is -0.545. The van der Waals surface area contributed by atoms with Crippen LogP contribution in [-0.4, -0.2) is 22.0 Å². The maximum Gasteiger partial charge on any atom is 0.238 e. The van der Waals surface area contributed by atoms with E-state index in [0.29, 0.717) is 6.42 Å². The fraction of sp³-hybridized carbons (Fsp3) is 0.333. The van der Waals surface area contributed by atoms with E-state index in [9.17, 15) is 9.59 Å². The highest BCUT2D eigenvalue weighted by Crippen LogP contribution is 2.48. The van der Waals surface area contributed by atoms with E-state index in [0.717, 1.165) is 4.90 Å². The SMILES string of the molecule is N#Cc1cn[nH]c1N1C(=O)C2CC2C1=O. The van der Waals surface area contributed by atoms with E-state index in [-0.39, 0.29) is 35.0 Å². The molecule has 2 atom stereocenters. The molecule has 1 aliphatic carbocycles. The highest BCUT2D eigenvalue weighted by molar-refractivity contribution is 6.24. The van der Waals surface area contributed by atoms with Gasteiger partial charge in [0.15, 0.2) is 5.82 Å². The Labute approximate surface area is 84.5 Å². The van der Waals surface area contributed by atoms with Gasteiger partial charge in [0.05, 0.1) is 18.0 Å². The average molecular weight is 202 g/mol. The molecule has 2 unspecified atom stereocenters. The molecule has 2 amide bonds. The Morgan fingerprint density at radius 1 is 1.47 bits per heavy atom. The van der Waals surface area contributed by atoms with Crippen molar-refractivity contribution in [3.63, 3.8) is 0 Å². The van der Waals surface area contributed by atoms with Crippen LogP contribution in [0.3, 0.4) is 0 Å². The van der Waals surface area contributed by atoms with Crippen LogP contribution in [-0.2, 0) is 9.59 Å². The molecule has 1 saturated heterocycles. The van der Waals surface area contributed by atoms with Crippen molar-refractivity contribution in [3.8, 4) is 6.07 Å². The summed E-state index contributed by atoms with van der Waals surface area (Å²) >= 11 is 0. The first kappa shape index (κ1) is 8.17. The van der Waals surface area contributed by atoms with E-state index in [1.165, 1.54) is 6.20 Å². The van der Waals surface area contributed by atoms with Gasteiger partial charge >= 0.3 is 0 Å². The van der Waals surface area contributed by atoms with Crippen LogP contribution >= 0.6 is 0 Å². The number of hydrogen-bond acceptors (Lipinski definition) is 4. The molecule has 1 aromatic rings. The predicted octanol–water partition coefficient (Wildman–Crippen LogP) is -0.209. The molecule has 6 heteroatoms. The molecule has 15 heavy (non-hydrogen) atoms. The van der Waals surface area contributed by atoms with E-state index in [1.54, 1.807) is 0 Å². The Morgan fingerprint density at radius 3 is 2.73 bits per heavy atom. The number of nitrogens with zero attached hydrogens (tertiary/aromatic N) is 3. The number of carbonyl (C=O) groups excluding carboxylic acids is 2. The van der Waals surface area contributed by atoms with Gasteiger partial charge in [-0.25, -0.2) is 4.90 Å². The first-order valence-electron chi connectivity index (χ1n) is 4.55. The Kier molecular flexibility index (Phi) is 1.33. The van der Waals surface area contributed by atoms with E-state index < -0.39 is 0 Å². The fourth-order valence-electron chi connectivity index (χ4n) is 1.93. The number of H-pyrrole nitrogens is 1. The van der Waals surface area contributed by atoms with Gasteiger partial charge in [0.25, 0.3) is 0 Å². The van der Waals surface area contributed by atoms with E-state index >= 15 is 0 Å². The average Bonchev–Trinajstić information content (AvgIpc) is 2.84. The molecular weight excluding hydrogens is 196 g/mol. The van der Waals surface area contributed by atoms with Crippen molar-refractivity contribution < 1.29 is 9.59 Å². The summed E-state index contributed by atoms with van der Waals surface area (Å²) in [4.78, 5) is 24.4. The second kappa shape index (κ2) is 2.45. The van der Waals surface area contributed by atoms with Crippen LogP contribution in [0.4, 0.5) is 5.82 Å². The molecule has 2 heterocycles. The topological polar surface area (TPSA) is 89.8 Å². The lowest BCUT2D eigenvalue weighted by atomic mass is 10.3. The molecule has 6 nitrogen and oxygen atoms in total. The number of carbonyl (C=O) groups is 2. The normalized spacial score (nSPS) is 27.8. The lowest BCUT2D eigenvalue weighted by Crippen LogP contribution is -2.33. The van der Waals surface area contributed by atoms with Crippen LogP contribution in [0.25, 0.3) is 0 Å². The number of aromatic amines is 1. The monoisotopic (exact) mass is 202 g/mol. The predicted molar refractivity (Wildman–Crippen MR) is 47.4 cm³/mol. The van der Waals surface area contributed by atoms with Gasteiger partial charge in [-0.15, -0.1) is 0 Å². The molecule has 2 aliphatic rings. The smallest absolute Gasteiger partial charge is 0.238 e. The van der Waals surface area contributed by atoms with Crippen LogP contribution in [0, 0.1) is 23.2 Å². The molecule has 1 saturated carbocycles. The van der Waals surface area contributed by atoms with Gasteiger partial charge in [-0.2, -0.15) is 10.4 Å². The van der Waals surface area contributed by atoms with Crippen LogP contribution in [0.5, 0.6) is 0 Å². The molecule has 0 aromatic carbocycles. The van der Waals surface area contributed by atoms with Crippen LogP contribution in [0.15, 0.2) is 6.20 Å². The summed E-state index contributed by atoms with van der Waals surface area (Å²) in [6.07, 6.45) is 1.96. The minimum Gasteiger partial charge on any atom is -0.274 e. The highest BCUT2D eigenvalue weighted by Gasteiger charge is 2.60. The van der Waals surface area contributed by atoms with E-state index in [4.69, 9.17) is 5.26 Å². The summed E-state index contributed by atoms with van der Waals surface area (Å²) in [6, 6.07) is 1.88. The first-order chi connectivity index (χ1) is 7.24. The van der Waals surface area contributed by atoms with Gasteiger partial charge in [0.2, 0.25) is 11.8 Å². The molecule has 1 N–H and O–H groups in total. The van der Waals surface area contributed by atoms with Gasteiger partial charge in [-0.1, -0.05) is 0 Å². The maximum absolute atomic E-state index is 11.7. The molecule has 0 bridgehead atoms. The van der Waals surface area contributed by atoms with Gasteiger partial charge in [0.1, 0.15) is 11.6 Å². The standard InChI is InChI=1S/C9H6N4O2/c10-2-4-3-11-12-7(4)13-8(14)5-1-6(5)9(13)15/h3,5-6H,1H2,(H,11,12). The summed E-state index contributed by atoms with van der Waals surface area (Å²) in [7, 11) is 0. The van der Waals surface area contributed by atoms with Crippen molar-refractivity contribution in [1.29, 1.82) is 5.26 Å². The van der Waals surface area contributed by atoms with E-state index in [2.05, 4.69) is 10.2 Å². The Hall–Kier alpha value is -2.16. The van der Waals surface area contributed by atoms with Gasteiger partial charge in [-0.3, -0.25) is 14.7 Å². The number of nitriles is 1. The van der Waals surface area contributed by atoms with Crippen LogP contribution < -0.4 is 4.90 Å². The summed E-state index contributed by atoms with van der Waals surface area (Å²) < 4.78 is 0. The minimum atomic E-state index is -0.217. The van der Waals surface area contributed by atoms with Crippen molar-refractivity contribution in [2.45, 2.75) is 6.42 Å². The zero-order chi connectivity index (χ0) is 10.6. The molecule has 0 radical (unpaired) electrons. The molecule has 74 valence electrons. The summed E-state index contributed by atoms with van der Waals surface area (Å²) in [5, 5.41) is 14.9. The van der Waals surface area contributed by atoms with Gasteiger partial charge in [-0.05, 0) is 6.42 Å². The molecule has 2 fully saturated rings. The van der Waals surface area contributed by atoms with Crippen LogP contribution in [0.1, 0.15) is 12.0 Å². The third kappa shape index (κ3) is 0.892. The zero-order valence-corrected chi connectivity index (χ0v) is 7.60. The largest absolute Gasteiger partial charge is 0.274 e. The number of aromatic nitrogens is 2.